The average Bonchev–Trinajstić information content (AvgIpc) is 2.54. The molecular formula is C17H19NO3. The number of ether oxygens (including phenoxy) is 1. The van der Waals surface area contributed by atoms with E-state index in [4.69, 9.17) is 4.74 Å². The lowest BCUT2D eigenvalue weighted by Crippen LogP contribution is -2.34. The van der Waals surface area contributed by atoms with Gasteiger partial charge in [-0.2, -0.15) is 0 Å². The van der Waals surface area contributed by atoms with Crippen LogP contribution in [-0.2, 0) is 4.74 Å². The third kappa shape index (κ3) is 4.41. The van der Waals surface area contributed by atoms with Gasteiger partial charge in [0.05, 0.1) is 12.7 Å². The van der Waals surface area contributed by atoms with Crippen LogP contribution >= 0.6 is 0 Å². The van der Waals surface area contributed by atoms with Crippen LogP contribution in [-0.4, -0.2) is 37.4 Å². The monoisotopic (exact) mass is 285 g/mol. The fourth-order valence-corrected chi connectivity index (χ4v) is 2.01. The van der Waals surface area contributed by atoms with E-state index in [0.29, 0.717) is 5.56 Å². The Hall–Kier alpha value is -2.17. The van der Waals surface area contributed by atoms with E-state index in [0.717, 1.165) is 11.1 Å². The highest BCUT2D eigenvalue weighted by atomic mass is 16.5. The lowest BCUT2D eigenvalue weighted by molar-refractivity contribution is 0.0610. The van der Waals surface area contributed by atoms with Gasteiger partial charge in [-0.05, 0) is 23.3 Å². The van der Waals surface area contributed by atoms with E-state index in [1.54, 1.807) is 12.1 Å². The van der Waals surface area contributed by atoms with Crippen molar-refractivity contribution in [3.63, 3.8) is 0 Å². The Bertz CT molecular complexity index is 566. The molecule has 0 saturated carbocycles. The van der Waals surface area contributed by atoms with Crippen LogP contribution in [0.15, 0.2) is 54.6 Å². The summed E-state index contributed by atoms with van der Waals surface area (Å²) in [7, 11) is 1.51. The minimum atomic E-state index is -0.692. The van der Waals surface area contributed by atoms with E-state index in [1.807, 2.05) is 42.5 Å². The van der Waals surface area contributed by atoms with Gasteiger partial charge < -0.3 is 15.2 Å². The quantitative estimate of drug-likeness (QED) is 0.854. The number of hydrogen-bond acceptors (Lipinski definition) is 3. The van der Waals surface area contributed by atoms with Gasteiger partial charge in [-0.1, -0.05) is 42.5 Å². The molecule has 4 nitrogen and oxygen atoms in total. The maximum absolute atomic E-state index is 11.9. The highest BCUT2D eigenvalue weighted by molar-refractivity contribution is 5.94. The summed E-state index contributed by atoms with van der Waals surface area (Å²) in [6.45, 7) is 0.375. The molecule has 0 aliphatic heterocycles. The van der Waals surface area contributed by atoms with Crippen molar-refractivity contribution in [1.82, 2.24) is 5.32 Å². The Morgan fingerprint density at radius 3 is 2.33 bits per heavy atom. The van der Waals surface area contributed by atoms with Crippen LogP contribution in [0.1, 0.15) is 10.4 Å². The van der Waals surface area contributed by atoms with Crippen molar-refractivity contribution < 1.29 is 14.6 Å². The van der Waals surface area contributed by atoms with Gasteiger partial charge in [0.15, 0.2) is 0 Å². The summed E-state index contributed by atoms with van der Waals surface area (Å²) in [5, 5.41) is 12.2. The zero-order chi connectivity index (χ0) is 15.1. The maximum atomic E-state index is 11.9. The van der Waals surface area contributed by atoms with Gasteiger partial charge in [-0.3, -0.25) is 4.79 Å². The van der Waals surface area contributed by atoms with Crippen LogP contribution in [0.3, 0.4) is 0 Å². The van der Waals surface area contributed by atoms with Crippen LogP contribution in [0.4, 0.5) is 0 Å². The fraction of sp³-hybridized carbons (Fsp3) is 0.235. The summed E-state index contributed by atoms with van der Waals surface area (Å²) >= 11 is 0. The third-order valence-corrected chi connectivity index (χ3v) is 3.11. The summed E-state index contributed by atoms with van der Waals surface area (Å²) in [5.74, 6) is -0.204. The highest BCUT2D eigenvalue weighted by Gasteiger charge is 2.09. The molecule has 21 heavy (non-hydrogen) atoms. The molecule has 0 spiro atoms. The van der Waals surface area contributed by atoms with E-state index in [-0.39, 0.29) is 19.1 Å². The first kappa shape index (κ1) is 15.2. The molecule has 0 heterocycles. The topological polar surface area (TPSA) is 58.6 Å². The smallest absolute Gasteiger partial charge is 0.251 e. The number of amides is 1. The van der Waals surface area contributed by atoms with Crippen molar-refractivity contribution in [2.24, 2.45) is 0 Å². The van der Waals surface area contributed by atoms with Crippen molar-refractivity contribution in [2.75, 3.05) is 20.3 Å². The van der Waals surface area contributed by atoms with Crippen molar-refractivity contribution in [3.8, 4) is 11.1 Å². The molecule has 2 aromatic carbocycles. The summed E-state index contributed by atoms with van der Waals surface area (Å²) < 4.78 is 4.81. The van der Waals surface area contributed by atoms with Crippen molar-refractivity contribution in [1.29, 1.82) is 0 Å². The van der Waals surface area contributed by atoms with Gasteiger partial charge in [-0.15, -0.1) is 0 Å². The second-order valence-electron chi connectivity index (χ2n) is 4.76. The number of aliphatic hydroxyl groups is 1. The molecule has 4 heteroatoms. The number of hydrogen-bond donors (Lipinski definition) is 2. The van der Waals surface area contributed by atoms with Crippen LogP contribution in [0.2, 0.25) is 0 Å². The second kappa shape index (κ2) is 7.57. The first-order valence-electron chi connectivity index (χ1n) is 6.81. The predicted octanol–water partition coefficient (Wildman–Crippen LogP) is 2.09. The summed E-state index contributed by atoms with van der Waals surface area (Å²) in [5.41, 5.74) is 2.74. The van der Waals surface area contributed by atoms with Gasteiger partial charge in [-0.25, -0.2) is 0 Å². The highest BCUT2D eigenvalue weighted by Crippen LogP contribution is 2.19. The molecule has 2 aromatic rings. The summed E-state index contributed by atoms with van der Waals surface area (Å²) in [6.07, 6.45) is -0.692. The Morgan fingerprint density at radius 2 is 1.71 bits per heavy atom. The number of methoxy groups -OCH3 is 1. The SMILES string of the molecule is COCC(O)CNC(=O)c1ccc(-c2ccccc2)cc1. The number of benzene rings is 2. The first-order valence-corrected chi connectivity index (χ1v) is 6.81. The van der Waals surface area contributed by atoms with Crippen LogP contribution in [0.5, 0.6) is 0 Å². The van der Waals surface area contributed by atoms with Crippen molar-refractivity contribution in [3.05, 3.63) is 60.2 Å². The molecule has 0 bridgehead atoms. The minimum Gasteiger partial charge on any atom is -0.389 e. The molecule has 2 rings (SSSR count). The molecule has 0 aliphatic carbocycles. The van der Waals surface area contributed by atoms with Crippen molar-refractivity contribution >= 4 is 5.91 Å². The van der Waals surface area contributed by atoms with Gasteiger partial charge >= 0.3 is 0 Å². The number of carbonyl (C=O) groups is 1. The summed E-state index contributed by atoms with van der Waals surface area (Å²) in [6, 6.07) is 17.4. The summed E-state index contributed by atoms with van der Waals surface area (Å²) in [4.78, 5) is 11.9. The molecule has 0 fully saturated rings. The van der Waals surface area contributed by atoms with Crippen molar-refractivity contribution in [2.45, 2.75) is 6.10 Å². The van der Waals surface area contributed by atoms with Crippen LogP contribution in [0.25, 0.3) is 11.1 Å². The molecule has 0 radical (unpaired) electrons. The number of carbonyl (C=O) groups excluding carboxylic acids is 1. The number of nitrogens with one attached hydrogen (secondary N) is 1. The van der Waals surface area contributed by atoms with E-state index < -0.39 is 6.10 Å². The average molecular weight is 285 g/mol. The molecule has 1 atom stereocenters. The van der Waals surface area contributed by atoms with Gasteiger partial charge in [0.25, 0.3) is 5.91 Å². The van der Waals surface area contributed by atoms with Gasteiger partial charge in [0, 0.05) is 19.2 Å². The fourth-order valence-electron chi connectivity index (χ4n) is 2.01. The normalized spacial score (nSPS) is 11.9. The van der Waals surface area contributed by atoms with Gasteiger partial charge in [0.2, 0.25) is 0 Å². The Kier molecular flexibility index (Phi) is 5.49. The zero-order valence-electron chi connectivity index (χ0n) is 12.0. The first-order chi connectivity index (χ1) is 10.2. The maximum Gasteiger partial charge on any atom is 0.251 e. The number of rotatable bonds is 6. The third-order valence-electron chi connectivity index (χ3n) is 3.11. The largest absolute Gasteiger partial charge is 0.389 e. The molecule has 1 unspecified atom stereocenters. The molecular weight excluding hydrogens is 266 g/mol. The van der Waals surface area contributed by atoms with E-state index in [1.165, 1.54) is 7.11 Å². The standard InChI is InChI=1S/C17H19NO3/c1-21-12-16(19)11-18-17(20)15-9-7-14(8-10-15)13-5-3-2-4-6-13/h2-10,16,19H,11-12H2,1H3,(H,18,20). The Labute approximate surface area is 124 Å². The van der Waals surface area contributed by atoms with Gasteiger partial charge in [0.1, 0.15) is 0 Å². The Balaban J connectivity index is 1.97. The molecule has 110 valence electrons. The zero-order valence-corrected chi connectivity index (χ0v) is 12.0. The number of aliphatic hydroxyl groups excluding tert-OH is 1. The van der Waals surface area contributed by atoms with E-state index in [9.17, 15) is 9.90 Å². The molecule has 0 aromatic heterocycles. The van der Waals surface area contributed by atoms with Crippen LogP contribution < -0.4 is 5.32 Å². The molecule has 0 aliphatic rings. The predicted molar refractivity (Wildman–Crippen MR) is 82.1 cm³/mol. The lowest BCUT2D eigenvalue weighted by atomic mass is 10.0. The molecule has 0 saturated heterocycles. The lowest BCUT2D eigenvalue weighted by Gasteiger charge is -2.11. The second-order valence-corrected chi connectivity index (χ2v) is 4.76. The Morgan fingerprint density at radius 1 is 1.10 bits per heavy atom. The van der Waals surface area contributed by atoms with E-state index in [2.05, 4.69) is 5.32 Å². The van der Waals surface area contributed by atoms with Crippen LogP contribution in [0, 0.1) is 0 Å². The molecule has 2 N–H and O–H groups in total. The molecule has 1 amide bonds. The minimum absolute atomic E-state index is 0.174. The van der Waals surface area contributed by atoms with E-state index >= 15 is 0 Å².